The Balaban J connectivity index is 1.50. The third-order valence-corrected chi connectivity index (χ3v) is 7.01. The minimum absolute atomic E-state index is 0.0933. The number of nitrogen functional groups attached to an aromatic ring is 1. The van der Waals surface area contributed by atoms with Gasteiger partial charge >= 0.3 is 0 Å². The summed E-state index contributed by atoms with van der Waals surface area (Å²) in [4.78, 5) is 10.7. The van der Waals surface area contributed by atoms with E-state index in [1.54, 1.807) is 6.20 Å². The zero-order chi connectivity index (χ0) is 20.8. The second-order valence-electron chi connectivity index (χ2n) is 8.81. The van der Waals surface area contributed by atoms with Crippen molar-refractivity contribution in [3.63, 3.8) is 0 Å². The summed E-state index contributed by atoms with van der Waals surface area (Å²) >= 11 is 6.35. The molecule has 3 heterocycles. The van der Waals surface area contributed by atoms with Crippen LogP contribution in [-0.4, -0.2) is 40.3 Å². The third-order valence-electron chi connectivity index (χ3n) is 6.69. The molecule has 1 unspecified atom stereocenters. The molecule has 1 aromatic carbocycles. The Kier molecular flexibility index (Phi) is 4.85. The lowest BCUT2D eigenvalue weighted by Crippen LogP contribution is -2.35. The molecule has 3 aliphatic rings. The van der Waals surface area contributed by atoms with Crippen molar-refractivity contribution in [1.82, 2.24) is 15.3 Å². The summed E-state index contributed by atoms with van der Waals surface area (Å²) < 4.78 is 0. The smallest absolute Gasteiger partial charge is 0.220 e. The van der Waals surface area contributed by atoms with Crippen LogP contribution in [0.15, 0.2) is 24.4 Å². The van der Waals surface area contributed by atoms with Gasteiger partial charge in [0.2, 0.25) is 5.95 Å². The molecule has 4 N–H and O–H groups in total. The zero-order valence-electron chi connectivity index (χ0n) is 16.9. The van der Waals surface area contributed by atoms with E-state index in [-0.39, 0.29) is 11.4 Å². The van der Waals surface area contributed by atoms with E-state index >= 15 is 0 Å². The molecule has 0 bridgehead atoms. The van der Waals surface area contributed by atoms with Gasteiger partial charge in [0.1, 0.15) is 5.60 Å². The van der Waals surface area contributed by atoms with Gasteiger partial charge in [0.05, 0.1) is 23.5 Å². The number of anilines is 2. The van der Waals surface area contributed by atoms with Gasteiger partial charge in [0.25, 0.3) is 0 Å². The number of nitrogens with zero attached hydrogens (tertiary/aromatic N) is 3. The van der Waals surface area contributed by atoms with Crippen LogP contribution in [0.2, 0.25) is 5.02 Å². The van der Waals surface area contributed by atoms with Crippen molar-refractivity contribution in [2.75, 3.05) is 30.3 Å². The van der Waals surface area contributed by atoms with Gasteiger partial charge in [-0.1, -0.05) is 29.5 Å². The highest BCUT2D eigenvalue weighted by molar-refractivity contribution is 6.31. The van der Waals surface area contributed by atoms with Crippen LogP contribution in [0.1, 0.15) is 48.9 Å². The maximum absolute atomic E-state index is 10.6. The van der Waals surface area contributed by atoms with Crippen molar-refractivity contribution >= 4 is 23.2 Å². The predicted octanol–water partition coefficient (Wildman–Crippen LogP) is 2.62. The lowest BCUT2D eigenvalue weighted by Gasteiger charge is -2.25. The highest BCUT2D eigenvalue weighted by atomic mass is 35.5. The van der Waals surface area contributed by atoms with Crippen molar-refractivity contribution in [2.45, 2.75) is 49.7 Å². The van der Waals surface area contributed by atoms with E-state index in [0.717, 1.165) is 68.7 Å². The first-order valence-corrected chi connectivity index (χ1v) is 11.0. The Morgan fingerprint density at radius 2 is 2.10 bits per heavy atom. The van der Waals surface area contributed by atoms with Crippen molar-refractivity contribution in [3.8, 4) is 11.8 Å². The van der Waals surface area contributed by atoms with E-state index in [1.165, 1.54) is 5.56 Å². The van der Waals surface area contributed by atoms with Gasteiger partial charge in [-0.3, -0.25) is 0 Å². The maximum atomic E-state index is 10.6. The Morgan fingerprint density at radius 1 is 1.27 bits per heavy atom. The highest BCUT2D eigenvalue weighted by Crippen LogP contribution is 2.45. The topological polar surface area (TPSA) is 87.3 Å². The Labute approximate surface area is 181 Å². The number of halogens is 1. The molecule has 6 nitrogen and oxygen atoms in total. The molecule has 2 fully saturated rings. The Hall–Kier alpha value is -2.33. The fourth-order valence-corrected chi connectivity index (χ4v) is 5.24. The molecule has 2 aliphatic heterocycles. The van der Waals surface area contributed by atoms with Gasteiger partial charge in [-0.15, -0.1) is 0 Å². The highest BCUT2D eigenvalue weighted by Gasteiger charge is 2.44. The number of nitrogens with two attached hydrogens (primary N) is 1. The van der Waals surface area contributed by atoms with Crippen LogP contribution < -0.4 is 16.0 Å². The summed E-state index contributed by atoms with van der Waals surface area (Å²) in [6, 6.07) is 6.44. The molecule has 156 valence electrons. The zero-order valence-corrected chi connectivity index (χ0v) is 17.7. The third kappa shape index (κ3) is 3.51. The van der Waals surface area contributed by atoms with Crippen LogP contribution in [0.5, 0.6) is 0 Å². The molecule has 1 saturated carbocycles. The largest absolute Gasteiger partial charge is 0.378 e. The second kappa shape index (κ2) is 7.42. The maximum Gasteiger partial charge on any atom is 0.220 e. The van der Waals surface area contributed by atoms with Crippen LogP contribution in [0, 0.1) is 11.8 Å². The SMILES string of the molecule is Nc1ncc(Cl)c(CN2CC3(CCNC3)c3ccc(C#CC4(O)CCCC4)cc32)n1. The summed E-state index contributed by atoms with van der Waals surface area (Å²) in [7, 11) is 0. The van der Waals surface area contributed by atoms with Crippen molar-refractivity contribution in [2.24, 2.45) is 0 Å². The minimum atomic E-state index is -0.832. The summed E-state index contributed by atoms with van der Waals surface area (Å²) in [6.07, 6.45) is 6.27. The van der Waals surface area contributed by atoms with Crippen LogP contribution in [0.25, 0.3) is 0 Å². The molecule has 0 radical (unpaired) electrons. The molecule has 5 rings (SSSR count). The summed E-state index contributed by atoms with van der Waals surface area (Å²) in [6.45, 7) is 3.45. The van der Waals surface area contributed by atoms with E-state index < -0.39 is 5.60 Å². The summed E-state index contributed by atoms with van der Waals surface area (Å²) in [5, 5.41) is 14.6. The van der Waals surface area contributed by atoms with Crippen molar-refractivity contribution < 1.29 is 5.11 Å². The number of nitrogens with one attached hydrogen (secondary N) is 1. The standard InChI is InChI=1S/C23H26ClN5O/c24-18-12-27-21(25)28-19(18)13-29-15-22(9-10-26-14-22)17-4-3-16(11-20(17)29)5-8-23(30)6-1-2-7-23/h3-4,11-12,26,30H,1-2,6-7,9-10,13-15H2,(H2,25,27,28). The fourth-order valence-electron chi connectivity index (χ4n) is 5.09. The molecule has 1 atom stereocenters. The van der Waals surface area contributed by atoms with Gasteiger partial charge in [0.15, 0.2) is 0 Å². The quantitative estimate of drug-likeness (QED) is 0.643. The van der Waals surface area contributed by atoms with Gasteiger partial charge in [0, 0.05) is 29.8 Å². The van der Waals surface area contributed by atoms with E-state index in [9.17, 15) is 5.11 Å². The van der Waals surface area contributed by atoms with E-state index in [2.05, 4.69) is 50.2 Å². The Morgan fingerprint density at radius 3 is 2.87 bits per heavy atom. The first kappa shape index (κ1) is 19.6. The van der Waals surface area contributed by atoms with Gasteiger partial charge in [-0.05, 0) is 56.3 Å². The molecular weight excluding hydrogens is 398 g/mol. The van der Waals surface area contributed by atoms with Crippen LogP contribution in [-0.2, 0) is 12.0 Å². The van der Waals surface area contributed by atoms with Gasteiger partial charge < -0.3 is 21.1 Å². The number of hydrogen-bond acceptors (Lipinski definition) is 6. The number of aliphatic hydroxyl groups is 1. The minimum Gasteiger partial charge on any atom is -0.378 e. The average molecular weight is 424 g/mol. The monoisotopic (exact) mass is 423 g/mol. The number of aromatic nitrogens is 2. The molecule has 2 aromatic rings. The number of hydrogen-bond donors (Lipinski definition) is 3. The van der Waals surface area contributed by atoms with Crippen molar-refractivity contribution in [1.29, 1.82) is 0 Å². The fraction of sp³-hybridized carbons (Fsp3) is 0.478. The normalized spacial score (nSPS) is 24.1. The van der Waals surface area contributed by atoms with Crippen LogP contribution in [0.4, 0.5) is 11.6 Å². The second-order valence-corrected chi connectivity index (χ2v) is 9.21. The molecule has 0 amide bonds. The summed E-state index contributed by atoms with van der Waals surface area (Å²) in [5.74, 6) is 6.58. The molecular formula is C23H26ClN5O. The lowest BCUT2D eigenvalue weighted by atomic mass is 9.81. The first-order chi connectivity index (χ1) is 14.5. The Bertz CT molecular complexity index is 1030. The molecule has 30 heavy (non-hydrogen) atoms. The van der Waals surface area contributed by atoms with Crippen LogP contribution in [0.3, 0.4) is 0 Å². The number of fused-ring (bicyclic) bond motifs is 2. The molecule has 1 aliphatic carbocycles. The molecule has 1 aromatic heterocycles. The van der Waals surface area contributed by atoms with E-state index in [1.807, 2.05) is 0 Å². The van der Waals surface area contributed by atoms with Crippen molar-refractivity contribution in [3.05, 3.63) is 46.2 Å². The van der Waals surface area contributed by atoms with E-state index in [0.29, 0.717) is 11.6 Å². The number of rotatable bonds is 2. The van der Waals surface area contributed by atoms with Gasteiger partial charge in [-0.25, -0.2) is 9.97 Å². The molecule has 1 spiro atoms. The average Bonchev–Trinajstić information content (AvgIpc) is 3.45. The lowest BCUT2D eigenvalue weighted by molar-refractivity contribution is 0.110. The first-order valence-electron chi connectivity index (χ1n) is 10.6. The number of benzene rings is 1. The summed E-state index contributed by atoms with van der Waals surface area (Å²) in [5.41, 5.74) is 9.22. The van der Waals surface area contributed by atoms with E-state index in [4.69, 9.17) is 17.3 Å². The molecule has 1 saturated heterocycles. The van der Waals surface area contributed by atoms with Crippen LogP contribution >= 0.6 is 11.6 Å². The van der Waals surface area contributed by atoms with Gasteiger partial charge in [-0.2, -0.15) is 0 Å². The predicted molar refractivity (Wildman–Crippen MR) is 118 cm³/mol. The molecule has 7 heteroatoms.